The summed E-state index contributed by atoms with van der Waals surface area (Å²) >= 11 is 0. The van der Waals surface area contributed by atoms with Gasteiger partial charge in [-0.25, -0.2) is 4.98 Å². The van der Waals surface area contributed by atoms with E-state index >= 15 is 0 Å². The summed E-state index contributed by atoms with van der Waals surface area (Å²) in [4.78, 5) is 29.4. The number of allylic oxidation sites excluding steroid dienone is 1. The van der Waals surface area contributed by atoms with Crippen molar-refractivity contribution >= 4 is 17.7 Å². The summed E-state index contributed by atoms with van der Waals surface area (Å²) in [6.07, 6.45) is 5.75. The van der Waals surface area contributed by atoms with Crippen LogP contribution in [0.15, 0.2) is 47.3 Å². The lowest BCUT2D eigenvalue weighted by Gasteiger charge is -2.45. The molecule has 1 amide bonds. The first kappa shape index (κ1) is 26.5. The minimum atomic E-state index is -0.850. The zero-order valence-electron chi connectivity index (χ0n) is 22.1. The van der Waals surface area contributed by atoms with Gasteiger partial charge in [-0.15, -0.1) is 0 Å². The number of nitriles is 1. The van der Waals surface area contributed by atoms with Crippen LogP contribution in [0.2, 0.25) is 0 Å². The molecule has 0 bridgehead atoms. The molecule has 1 saturated heterocycles. The molecule has 0 saturated carbocycles. The number of carbonyl (C=O) groups excluding carboxylic acids is 1. The highest BCUT2D eigenvalue weighted by molar-refractivity contribution is 5.98. The number of hydrogen-bond donors (Lipinski definition) is 1. The average Bonchev–Trinajstić information content (AvgIpc) is 2.90. The molecule has 0 radical (unpaired) electrons. The number of nitrogens with one attached hydrogen (secondary N) is 1. The van der Waals surface area contributed by atoms with Crippen LogP contribution in [-0.2, 0) is 10.2 Å². The lowest BCUT2D eigenvalue weighted by molar-refractivity contribution is -0.00621. The normalized spacial score (nSPS) is 20.6. The summed E-state index contributed by atoms with van der Waals surface area (Å²) in [5.41, 5.74) is 2.13. The molecule has 1 fully saturated rings. The van der Waals surface area contributed by atoms with Crippen LogP contribution < -0.4 is 10.1 Å². The van der Waals surface area contributed by atoms with Crippen LogP contribution in [0.1, 0.15) is 62.7 Å². The molecular weight excluding hydrogens is 468 g/mol. The minimum Gasteiger partial charge on any atom is -0.475 e. The largest absolute Gasteiger partial charge is 0.475 e. The molecule has 0 spiro atoms. The molecule has 0 aromatic carbocycles. The third-order valence-electron chi connectivity index (χ3n) is 6.64. The molecule has 1 unspecified atom stereocenters. The van der Waals surface area contributed by atoms with Crippen LogP contribution in [0.5, 0.6) is 5.88 Å². The van der Waals surface area contributed by atoms with E-state index in [-0.39, 0.29) is 12.0 Å². The van der Waals surface area contributed by atoms with Gasteiger partial charge in [-0.3, -0.25) is 19.7 Å². The molecule has 2 aromatic heterocycles. The van der Waals surface area contributed by atoms with Gasteiger partial charge in [0.05, 0.1) is 36.5 Å². The average molecular weight is 503 g/mol. The first-order chi connectivity index (χ1) is 17.6. The molecule has 2 aromatic rings. The number of aliphatic imine (C=N–C) groups is 1. The van der Waals surface area contributed by atoms with Crippen molar-refractivity contribution in [2.24, 2.45) is 4.99 Å². The van der Waals surface area contributed by atoms with E-state index in [0.29, 0.717) is 49.9 Å². The highest BCUT2D eigenvalue weighted by Crippen LogP contribution is 2.35. The van der Waals surface area contributed by atoms with Gasteiger partial charge in [0.15, 0.2) is 0 Å². The lowest BCUT2D eigenvalue weighted by Crippen LogP contribution is -2.65. The predicted molar refractivity (Wildman–Crippen MR) is 141 cm³/mol. The Balaban J connectivity index is 1.65. The van der Waals surface area contributed by atoms with Gasteiger partial charge < -0.3 is 14.8 Å². The van der Waals surface area contributed by atoms with Crippen LogP contribution in [0.4, 0.5) is 0 Å². The summed E-state index contributed by atoms with van der Waals surface area (Å²) in [6, 6.07) is 9.44. The topological polar surface area (TPSA) is 113 Å². The first-order valence-electron chi connectivity index (χ1n) is 12.5. The maximum Gasteiger partial charge on any atom is 0.253 e. The van der Waals surface area contributed by atoms with Gasteiger partial charge in [-0.2, -0.15) is 5.26 Å². The van der Waals surface area contributed by atoms with Crippen LogP contribution in [0, 0.1) is 11.3 Å². The second-order valence-corrected chi connectivity index (χ2v) is 10.2. The van der Waals surface area contributed by atoms with Crippen molar-refractivity contribution in [1.82, 2.24) is 20.2 Å². The summed E-state index contributed by atoms with van der Waals surface area (Å²) < 4.78 is 11.3. The molecular formula is C28H34N6O3. The molecule has 194 valence electrons. The number of nitrogens with zero attached hydrogens (tertiary/aromatic N) is 5. The fourth-order valence-electron chi connectivity index (χ4n) is 4.46. The number of rotatable bonds is 7. The molecule has 37 heavy (non-hydrogen) atoms. The highest BCUT2D eigenvalue weighted by atomic mass is 16.5. The van der Waals surface area contributed by atoms with Gasteiger partial charge in [-0.05, 0) is 64.0 Å². The number of ether oxygens (including phenoxy) is 2. The van der Waals surface area contributed by atoms with Crippen molar-refractivity contribution in [3.05, 3.63) is 59.2 Å². The number of amides is 1. The van der Waals surface area contributed by atoms with E-state index in [4.69, 9.17) is 14.5 Å². The maximum atomic E-state index is 13.6. The van der Waals surface area contributed by atoms with Gasteiger partial charge >= 0.3 is 0 Å². The Morgan fingerprint density at radius 2 is 2.00 bits per heavy atom. The van der Waals surface area contributed by atoms with E-state index in [2.05, 4.69) is 26.3 Å². The first-order valence-corrected chi connectivity index (χ1v) is 12.5. The summed E-state index contributed by atoms with van der Waals surface area (Å²) in [5.74, 6) is 0.311. The van der Waals surface area contributed by atoms with Crippen LogP contribution in [0.3, 0.4) is 0 Å². The maximum absolute atomic E-state index is 13.6. The van der Waals surface area contributed by atoms with Gasteiger partial charge in [0.25, 0.3) is 5.91 Å². The second-order valence-electron chi connectivity index (χ2n) is 10.2. The van der Waals surface area contributed by atoms with Gasteiger partial charge in [0, 0.05) is 55.4 Å². The Bertz CT molecular complexity index is 1240. The quantitative estimate of drug-likeness (QED) is 0.614. The fraction of sp³-hybridized carbons (Fsp3) is 0.464. The Hall–Kier alpha value is -3.61. The van der Waals surface area contributed by atoms with E-state index in [1.165, 1.54) is 0 Å². The van der Waals surface area contributed by atoms with Crippen molar-refractivity contribution in [2.75, 3.05) is 26.3 Å². The molecule has 9 heteroatoms. The van der Waals surface area contributed by atoms with Crippen LogP contribution >= 0.6 is 0 Å². The van der Waals surface area contributed by atoms with E-state index in [1.54, 1.807) is 38.4 Å². The van der Waals surface area contributed by atoms with E-state index in [1.807, 2.05) is 39.1 Å². The van der Waals surface area contributed by atoms with Gasteiger partial charge in [0.2, 0.25) is 5.88 Å². The zero-order chi connectivity index (χ0) is 26.6. The molecule has 4 heterocycles. The molecule has 2 aliphatic rings. The SMILES string of the molecule is CC1=C(c2ccc(OC(C)C)nc2)CC(NC(=O)c2ccnc(C(C)(C)C#N)c2)(N2CCOCC2)C=N1. The van der Waals surface area contributed by atoms with Crippen molar-refractivity contribution in [1.29, 1.82) is 5.26 Å². The summed E-state index contributed by atoms with van der Waals surface area (Å²) in [5, 5.41) is 12.8. The van der Waals surface area contributed by atoms with Crippen LogP contribution in [0.25, 0.3) is 5.57 Å². The molecule has 4 rings (SSSR count). The minimum absolute atomic E-state index is 0.0372. The Morgan fingerprint density at radius 3 is 2.65 bits per heavy atom. The molecule has 9 nitrogen and oxygen atoms in total. The van der Waals surface area contributed by atoms with Gasteiger partial charge in [0.1, 0.15) is 5.66 Å². The number of carbonyl (C=O) groups is 1. The number of hydrogen-bond acceptors (Lipinski definition) is 8. The molecule has 1 atom stereocenters. The van der Waals surface area contributed by atoms with Crippen molar-refractivity contribution in [2.45, 2.75) is 58.2 Å². The summed E-state index contributed by atoms with van der Waals surface area (Å²) in [6.45, 7) is 11.9. The highest BCUT2D eigenvalue weighted by Gasteiger charge is 2.41. The monoisotopic (exact) mass is 502 g/mol. The Labute approximate surface area is 218 Å². The predicted octanol–water partition coefficient (Wildman–Crippen LogP) is 3.73. The number of aromatic nitrogens is 2. The molecule has 2 aliphatic heterocycles. The summed E-state index contributed by atoms with van der Waals surface area (Å²) in [7, 11) is 0. The van der Waals surface area contributed by atoms with Crippen LogP contribution in [-0.4, -0.2) is 65.1 Å². The molecule has 0 aliphatic carbocycles. The fourth-order valence-corrected chi connectivity index (χ4v) is 4.46. The van der Waals surface area contributed by atoms with Crippen molar-refractivity contribution in [3.8, 4) is 11.9 Å². The smallest absolute Gasteiger partial charge is 0.253 e. The number of morpholine rings is 1. The van der Waals surface area contributed by atoms with Crippen molar-refractivity contribution in [3.63, 3.8) is 0 Å². The zero-order valence-corrected chi connectivity index (χ0v) is 22.1. The Morgan fingerprint density at radius 1 is 1.24 bits per heavy atom. The van der Waals surface area contributed by atoms with E-state index in [0.717, 1.165) is 16.8 Å². The third-order valence-corrected chi connectivity index (χ3v) is 6.64. The second kappa shape index (κ2) is 10.8. The van der Waals surface area contributed by atoms with E-state index in [9.17, 15) is 10.1 Å². The lowest BCUT2D eigenvalue weighted by atomic mass is 9.89. The Kier molecular flexibility index (Phi) is 7.71. The number of pyridine rings is 2. The third kappa shape index (κ3) is 5.87. The standard InChI is InChI=1S/C28H34N6O3/c1-19(2)37-25-7-6-22(16-31-25)23-15-28(18-32-20(23)3,34-10-12-36-13-11-34)33-26(35)21-8-9-30-24(14-21)27(4,5)17-29/h6-9,14,16,18-19H,10-13,15H2,1-5H3,(H,33,35). The van der Waals surface area contributed by atoms with Crippen molar-refractivity contribution < 1.29 is 14.3 Å². The van der Waals surface area contributed by atoms with E-state index < -0.39 is 11.1 Å². The molecule has 1 N–H and O–H groups in total. The van der Waals surface area contributed by atoms with Gasteiger partial charge in [-0.1, -0.05) is 0 Å².